The Morgan fingerprint density at radius 3 is 3.10 bits per heavy atom. The van der Waals surface area contributed by atoms with Crippen molar-refractivity contribution in [2.75, 3.05) is 13.2 Å². The first-order chi connectivity index (χ1) is 10.2. The first-order valence-corrected chi connectivity index (χ1v) is 7.32. The van der Waals surface area contributed by atoms with Crippen LogP contribution in [0.25, 0.3) is 0 Å². The Hall–Kier alpha value is -2.23. The van der Waals surface area contributed by atoms with Crippen molar-refractivity contribution < 1.29 is 9.90 Å². The summed E-state index contributed by atoms with van der Waals surface area (Å²) in [6, 6.07) is 3.41. The third kappa shape index (κ3) is 4.38. The van der Waals surface area contributed by atoms with E-state index >= 15 is 0 Å². The van der Waals surface area contributed by atoms with Crippen LogP contribution in [-0.4, -0.2) is 34.1 Å². The second kappa shape index (κ2) is 7.53. The molecule has 2 heterocycles. The van der Waals surface area contributed by atoms with Crippen molar-refractivity contribution in [3.05, 3.63) is 45.7 Å². The zero-order chi connectivity index (χ0) is 15.1. The lowest BCUT2D eigenvalue weighted by molar-refractivity contribution is 0.0949. The molecule has 0 bridgehead atoms. The summed E-state index contributed by atoms with van der Waals surface area (Å²) in [7, 11) is 0. The molecule has 21 heavy (non-hydrogen) atoms. The fourth-order valence-corrected chi connectivity index (χ4v) is 2.48. The molecule has 1 amide bonds. The SMILES string of the molecule is Cc1csc(CCNC(=O)c2ncccc2C#CCO)n1. The molecule has 2 N–H and O–H groups in total. The van der Waals surface area contributed by atoms with E-state index in [1.54, 1.807) is 29.7 Å². The molecule has 0 saturated heterocycles. The van der Waals surface area contributed by atoms with Gasteiger partial charge in [0.25, 0.3) is 5.91 Å². The fraction of sp³-hybridized carbons (Fsp3) is 0.267. The van der Waals surface area contributed by atoms with Gasteiger partial charge in [-0.2, -0.15) is 0 Å². The Bertz CT molecular complexity index is 685. The van der Waals surface area contributed by atoms with E-state index in [1.165, 1.54) is 0 Å². The van der Waals surface area contributed by atoms with E-state index in [0.29, 0.717) is 18.5 Å². The van der Waals surface area contributed by atoms with E-state index < -0.39 is 0 Å². The Morgan fingerprint density at radius 1 is 1.52 bits per heavy atom. The van der Waals surface area contributed by atoms with E-state index in [1.807, 2.05) is 12.3 Å². The van der Waals surface area contributed by atoms with Crippen molar-refractivity contribution >= 4 is 17.2 Å². The molecule has 0 fully saturated rings. The van der Waals surface area contributed by atoms with Gasteiger partial charge >= 0.3 is 0 Å². The number of hydrogen-bond donors (Lipinski definition) is 2. The molecule has 0 unspecified atom stereocenters. The number of carbonyl (C=O) groups is 1. The van der Waals surface area contributed by atoms with Crippen molar-refractivity contribution in [2.24, 2.45) is 0 Å². The highest BCUT2D eigenvalue weighted by atomic mass is 32.1. The lowest BCUT2D eigenvalue weighted by Crippen LogP contribution is -2.27. The molecule has 0 aliphatic carbocycles. The molecule has 2 aromatic rings. The number of pyridine rings is 1. The van der Waals surface area contributed by atoms with Gasteiger partial charge in [-0.1, -0.05) is 11.8 Å². The normalized spacial score (nSPS) is 9.81. The number of nitrogens with one attached hydrogen (secondary N) is 1. The van der Waals surface area contributed by atoms with Crippen molar-refractivity contribution in [3.8, 4) is 11.8 Å². The average Bonchev–Trinajstić information content (AvgIpc) is 2.91. The zero-order valence-corrected chi connectivity index (χ0v) is 12.4. The summed E-state index contributed by atoms with van der Waals surface area (Å²) in [6.45, 7) is 2.19. The Labute approximate surface area is 127 Å². The number of aryl methyl sites for hydroxylation is 1. The average molecular weight is 301 g/mol. The number of aliphatic hydroxyl groups excluding tert-OH is 1. The van der Waals surface area contributed by atoms with Gasteiger partial charge in [0.05, 0.1) is 10.6 Å². The quantitative estimate of drug-likeness (QED) is 0.831. The van der Waals surface area contributed by atoms with Crippen LogP contribution in [0.3, 0.4) is 0 Å². The first kappa shape index (κ1) is 15.2. The highest BCUT2D eigenvalue weighted by Crippen LogP contribution is 2.09. The molecule has 0 saturated carbocycles. The van der Waals surface area contributed by atoms with Crippen LogP contribution < -0.4 is 5.32 Å². The molecule has 0 atom stereocenters. The van der Waals surface area contributed by atoms with Gasteiger partial charge < -0.3 is 10.4 Å². The smallest absolute Gasteiger partial charge is 0.271 e. The van der Waals surface area contributed by atoms with Crippen molar-refractivity contribution in [2.45, 2.75) is 13.3 Å². The summed E-state index contributed by atoms with van der Waals surface area (Å²) in [5.74, 6) is 4.97. The molecule has 108 valence electrons. The van der Waals surface area contributed by atoms with Crippen molar-refractivity contribution in [1.82, 2.24) is 15.3 Å². The van der Waals surface area contributed by atoms with E-state index in [0.717, 1.165) is 10.7 Å². The van der Waals surface area contributed by atoms with Gasteiger partial charge in [0.1, 0.15) is 12.3 Å². The van der Waals surface area contributed by atoms with Crippen LogP contribution in [0.1, 0.15) is 26.8 Å². The summed E-state index contributed by atoms with van der Waals surface area (Å²) in [6.07, 6.45) is 2.23. The molecular formula is C15H15N3O2S. The molecular weight excluding hydrogens is 286 g/mol. The van der Waals surface area contributed by atoms with Gasteiger partial charge in [-0.25, -0.2) is 9.97 Å². The Kier molecular flexibility index (Phi) is 5.43. The lowest BCUT2D eigenvalue weighted by Gasteiger charge is -2.05. The van der Waals surface area contributed by atoms with E-state index in [4.69, 9.17) is 5.11 Å². The highest BCUT2D eigenvalue weighted by Gasteiger charge is 2.11. The Morgan fingerprint density at radius 2 is 2.38 bits per heavy atom. The minimum absolute atomic E-state index is 0.251. The van der Waals surface area contributed by atoms with E-state index in [-0.39, 0.29) is 18.2 Å². The van der Waals surface area contributed by atoms with Crippen LogP contribution in [0.4, 0.5) is 0 Å². The maximum atomic E-state index is 12.1. The maximum Gasteiger partial charge on any atom is 0.271 e. The van der Waals surface area contributed by atoms with Crippen LogP contribution >= 0.6 is 11.3 Å². The van der Waals surface area contributed by atoms with Crippen LogP contribution in [0, 0.1) is 18.8 Å². The third-order valence-corrected chi connectivity index (χ3v) is 3.64. The van der Waals surface area contributed by atoms with Crippen LogP contribution in [0.2, 0.25) is 0 Å². The van der Waals surface area contributed by atoms with Gasteiger partial charge in [0.2, 0.25) is 0 Å². The number of rotatable bonds is 4. The molecule has 2 aromatic heterocycles. The molecule has 0 radical (unpaired) electrons. The van der Waals surface area contributed by atoms with Gasteiger partial charge in [-0.05, 0) is 19.1 Å². The summed E-state index contributed by atoms with van der Waals surface area (Å²) in [5.41, 5.74) is 1.77. The second-order valence-corrected chi connectivity index (χ2v) is 5.19. The van der Waals surface area contributed by atoms with Crippen molar-refractivity contribution in [1.29, 1.82) is 0 Å². The number of amides is 1. The molecule has 0 aliphatic heterocycles. The number of aliphatic hydroxyl groups is 1. The molecule has 0 aliphatic rings. The fourth-order valence-electron chi connectivity index (χ4n) is 1.71. The second-order valence-electron chi connectivity index (χ2n) is 4.25. The summed E-state index contributed by atoms with van der Waals surface area (Å²) >= 11 is 1.58. The van der Waals surface area contributed by atoms with Gasteiger partial charge in [-0.3, -0.25) is 4.79 Å². The molecule has 5 nitrogen and oxygen atoms in total. The topological polar surface area (TPSA) is 75.1 Å². The predicted octanol–water partition coefficient (Wildman–Crippen LogP) is 1.16. The molecule has 6 heteroatoms. The van der Waals surface area contributed by atoms with Crippen LogP contribution in [-0.2, 0) is 6.42 Å². The zero-order valence-electron chi connectivity index (χ0n) is 11.6. The number of thiazole rings is 1. The predicted molar refractivity (Wildman–Crippen MR) is 81.1 cm³/mol. The highest BCUT2D eigenvalue weighted by molar-refractivity contribution is 7.09. The molecule has 0 spiro atoms. The van der Waals surface area contributed by atoms with Gasteiger partial charge in [0, 0.05) is 30.2 Å². The number of nitrogens with zero attached hydrogens (tertiary/aromatic N) is 2. The monoisotopic (exact) mass is 301 g/mol. The number of hydrogen-bond acceptors (Lipinski definition) is 5. The molecule has 2 rings (SSSR count). The Balaban J connectivity index is 1.97. The van der Waals surface area contributed by atoms with Crippen LogP contribution in [0.15, 0.2) is 23.7 Å². The minimum atomic E-state index is -0.272. The largest absolute Gasteiger partial charge is 0.384 e. The van der Waals surface area contributed by atoms with Gasteiger partial charge in [0.15, 0.2) is 0 Å². The number of aromatic nitrogens is 2. The lowest BCUT2D eigenvalue weighted by atomic mass is 10.2. The summed E-state index contributed by atoms with van der Waals surface area (Å²) < 4.78 is 0. The third-order valence-electron chi connectivity index (χ3n) is 2.62. The number of carbonyl (C=O) groups excluding carboxylic acids is 1. The van der Waals surface area contributed by atoms with Gasteiger partial charge in [-0.15, -0.1) is 11.3 Å². The first-order valence-electron chi connectivity index (χ1n) is 6.44. The van der Waals surface area contributed by atoms with E-state index in [2.05, 4.69) is 27.1 Å². The maximum absolute atomic E-state index is 12.1. The van der Waals surface area contributed by atoms with E-state index in [9.17, 15) is 4.79 Å². The molecule has 0 aromatic carbocycles. The van der Waals surface area contributed by atoms with Crippen molar-refractivity contribution in [3.63, 3.8) is 0 Å². The summed E-state index contributed by atoms with van der Waals surface area (Å²) in [4.78, 5) is 20.5. The van der Waals surface area contributed by atoms with Crippen LogP contribution in [0.5, 0.6) is 0 Å². The summed E-state index contributed by atoms with van der Waals surface area (Å²) in [5, 5.41) is 14.5. The minimum Gasteiger partial charge on any atom is -0.384 e. The standard InChI is InChI=1S/C15H15N3O2S/c1-11-10-21-13(18-11)6-8-17-15(20)14-12(5-3-9-19)4-2-7-16-14/h2,4,7,10,19H,6,8-9H2,1H3,(H,17,20).